The number of hydrogen-bond donors (Lipinski definition) is 1. The van der Waals surface area contributed by atoms with Gasteiger partial charge in [0, 0.05) is 39.3 Å². The Hall–Kier alpha value is -0.990. The van der Waals surface area contributed by atoms with Crippen molar-refractivity contribution < 1.29 is 13.2 Å². The molecular formula is C14H21N3O3S. The second-order valence-electron chi connectivity index (χ2n) is 5.54. The maximum Gasteiger partial charge on any atom is 0.282 e. The van der Waals surface area contributed by atoms with Gasteiger partial charge in [-0.1, -0.05) is 30.3 Å². The Morgan fingerprint density at radius 2 is 2.10 bits per heavy atom. The standard InChI is InChI=1S/C14H21N3O3S/c1-16(9-12-5-3-2-4-6-12)21(18,19)17-10-13-14(11-17)20-8-7-15-13/h2-6,13-15H,7-11H2,1H3. The summed E-state index contributed by atoms with van der Waals surface area (Å²) in [5.41, 5.74) is 0.981. The molecular weight excluding hydrogens is 290 g/mol. The fourth-order valence-corrected chi connectivity index (χ4v) is 4.26. The van der Waals surface area contributed by atoms with E-state index in [9.17, 15) is 8.42 Å². The molecule has 1 N–H and O–H groups in total. The van der Waals surface area contributed by atoms with Crippen LogP contribution in [0.15, 0.2) is 30.3 Å². The zero-order valence-electron chi connectivity index (χ0n) is 12.1. The zero-order valence-corrected chi connectivity index (χ0v) is 12.9. The third-order valence-corrected chi connectivity index (χ3v) is 5.91. The summed E-state index contributed by atoms with van der Waals surface area (Å²) in [7, 11) is -1.82. The lowest BCUT2D eigenvalue weighted by molar-refractivity contribution is 0.0193. The lowest BCUT2D eigenvalue weighted by Gasteiger charge is -2.25. The molecule has 0 saturated carbocycles. The number of benzene rings is 1. The van der Waals surface area contributed by atoms with Crippen LogP contribution in [-0.2, 0) is 21.5 Å². The summed E-state index contributed by atoms with van der Waals surface area (Å²) in [6.45, 7) is 2.72. The first-order valence-electron chi connectivity index (χ1n) is 7.18. The molecule has 6 nitrogen and oxygen atoms in total. The number of ether oxygens (including phenoxy) is 1. The molecule has 21 heavy (non-hydrogen) atoms. The molecule has 1 aromatic rings. The van der Waals surface area contributed by atoms with Gasteiger partial charge < -0.3 is 10.1 Å². The van der Waals surface area contributed by atoms with Crippen molar-refractivity contribution in [3.8, 4) is 0 Å². The maximum atomic E-state index is 12.6. The normalized spacial score (nSPS) is 27.0. The van der Waals surface area contributed by atoms with Crippen LogP contribution in [0.4, 0.5) is 0 Å². The van der Waals surface area contributed by atoms with E-state index < -0.39 is 10.2 Å². The summed E-state index contributed by atoms with van der Waals surface area (Å²) >= 11 is 0. The molecule has 2 atom stereocenters. The first-order valence-corrected chi connectivity index (χ1v) is 8.57. The highest BCUT2D eigenvalue weighted by Crippen LogP contribution is 2.21. The summed E-state index contributed by atoms with van der Waals surface area (Å²) in [5, 5.41) is 3.32. The maximum absolute atomic E-state index is 12.6. The van der Waals surface area contributed by atoms with Crippen molar-refractivity contribution in [2.45, 2.75) is 18.7 Å². The Morgan fingerprint density at radius 3 is 2.81 bits per heavy atom. The molecule has 2 heterocycles. The van der Waals surface area contributed by atoms with Crippen LogP contribution < -0.4 is 5.32 Å². The summed E-state index contributed by atoms with van der Waals surface area (Å²) in [4.78, 5) is 0. The minimum atomic E-state index is -3.45. The number of morpholine rings is 1. The zero-order chi connectivity index (χ0) is 14.9. The Bertz CT molecular complexity index is 564. The number of nitrogens with zero attached hydrogens (tertiary/aromatic N) is 2. The van der Waals surface area contributed by atoms with Crippen LogP contribution in [-0.4, -0.2) is 62.5 Å². The number of nitrogens with one attached hydrogen (secondary N) is 1. The Kier molecular flexibility index (Phi) is 4.28. The first kappa shape index (κ1) is 14.9. The van der Waals surface area contributed by atoms with Gasteiger partial charge in [0.2, 0.25) is 0 Å². The first-order chi connectivity index (χ1) is 10.1. The summed E-state index contributed by atoms with van der Waals surface area (Å²) in [6, 6.07) is 9.72. The third-order valence-electron chi connectivity index (χ3n) is 4.04. The van der Waals surface area contributed by atoms with Crippen molar-refractivity contribution in [3.05, 3.63) is 35.9 Å². The topological polar surface area (TPSA) is 61.9 Å². The molecule has 116 valence electrons. The number of fused-ring (bicyclic) bond motifs is 1. The molecule has 2 aliphatic rings. The van der Waals surface area contributed by atoms with Crippen LogP contribution in [0.25, 0.3) is 0 Å². The number of rotatable bonds is 4. The average molecular weight is 311 g/mol. The molecule has 0 spiro atoms. The largest absolute Gasteiger partial charge is 0.374 e. The smallest absolute Gasteiger partial charge is 0.282 e. The van der Waals surface area contributed by atoms with E-state index in [0.717, 1.165) is 12.1 Å². The molecule has 0 radical (unpaired) electrons. The van der Waals surface area contributed by atoms with E-state index in [1.807, 2.05) is 30.3 Å². The molecule has 3 rings (SSSR count). The van der Waals surface area contributed by atoms with E-state index in [4.69, 9.17) is 4.74 Å². The Morgan fingerprint density at radius 1 is 1.33 bits per heavy atom. The van der Waals surface area contributed by atoms with E-state index in [1.165, 1.54) is 8.61 Å². The van der Waals surface area contributed by atoms with E-state index >= 15 is 0 Å². The highest BCUT2D eigenvalue weighted by molar-refractivity contribution is 7.86. The SMILES string of the molecule is CN(Cc1ccccc1)S(=O)(=O)N1CC2NCCOC2C1. The van der Waals surface area contributed by atoms with Gasteiger partial charge >= 0.3 is 0 Å². The van der Waals surface area contributed by atoms with Crippen molar-refractivity contribution in [2.24, 2.45) is 0 Å². The quantitative estimate of drug-likeness (QED) is 0.853. The van der Waals surface area contributed by atoms with Gasteiger partial charge in [-0.15, -0.1) is 0 Å². The van der Waals surface area contributed by atoms with Crippen LogP contribution in [0.1, 0.15) is 5.56 Å². The monoisotopic (exact) mass is 311 g/mol. The number of hydrogen-bond acceptors (Lipinski definition) is 4. The van der Waals surface area contributed by atoms with Crippen molar-refractivity contribution >= 4 is 10.2 Å². The van der Waals surface area contributed by atoms with Crippen LogP contribution >= 0.6 is 0 Å². The fourth-order valence-electron chi connectivity index (χ4n) is 2.87. The second-order valence-corrected chi connectivity index (χ2v) is 7.57. The Labute approximate surface area is 125 Å². The van der Waals surface area contributed by atoms with Crippen molar-refractivity contribution in [3.63, 3.8) is 0 Å². The summed E-state index contributed by atoms with van der Waals surface area (Å²) < 4.78 is 33.9. The van der Waals surface area contributed by atoms with Gasteiger partial charge in [-0.3, -0.25) is 0 Å². The van der Waals surface area contributed by atoms with Crippen molar-refractivity contribution in [1.82, 2.24) is 13.9 Å². The van der Waals surface area contributed by atoms with Gasteiger partial charge in [0.1, 0.15) is 0 Å². The van der Waals surface area contributed by atoms with Crippen LogP contribution in [0.2, 0.25) is 0 Å². The highest BCUT2D eigenvalue weighted by atomic mass is 32.2. The predicted octanol–water partition coefficient (Wildman–Crippen LogP) is 0.0358. The molecule has 1 aromatic carbocycles. The molecule has 0 amide bonds. The fraction of sp³-hybridized carbons (Fsp3) is 0.571. The van der Waals surface area contributed by atoms with E-state index in [-0.39, 0.29) is 12.1 Å². The van der Waals surface area contributed by atoms with Gasteiger partial charge in [-0.2, -0.15) is 17.0 Å². The molecule has 0 aliphatic carbocycles. The molecule has 7 heteroatoms. The van der Waals surface area contributed by atoms with Crippen molar-refractivity contribution in [1.29, 1.82) is 0 Å². The highest BCUT2D eigenvalue weighted by Gasteiger charge is 2.41. The molecule has 2 unspecified atom stereocenters. The minimum Gasteiger partial charge on any atom is -0.374 e. The van der Waals surface area contributed by atoms with Crippen LogP contribution in [0.3, 0.4) is 0 Å². The van der Waals surface area contributed by atoms with E-state index in [2.05, 4.69) is 5.32 Å². The predicted molar refractivity (Wildman–Crippen MR) is 79.9 cm³/mol. The van der Waals surface area contributed by atoms with E-state index in [1.54, 1.807) is 7.05 Å². The lowest BCUT2D eigenvalue weighted by atomic mass is 10.2. The molecule has 2 saturated heterocycles. The molecule has 0 aromatic heterocycles. The second kappa shape index (κ2) is 6.02. The molecule has 2 fully saturated rings. The van der Waals surface area contributed by atoms with Gasteiger partial charge in [0.15, 0.2) is 0 Å². The van der Waals surface area contributed by atoms with Crippen LogP contribution in [0.5, 0.6) is 0 Å². The third kappa shape index (κ3) is 3.12. The minimum absolute atomic E-state index is 0.0290. The van der Waals surface area contributed by atoms with Gasteiger partial charge in [0.05, 0.1) is 12.7 Å². The van der Waals surface area contributed by atoms with Gasteiger partial charge in [-0.25, -0.2) is 0 Å². The van der Waals surface area contributed by atoms with Crippen molar-refractivity contribution in [2.75, 3.05) is 33.3 Å². The molecule has 0 bridgehead atoms. The lowest BCUT2D eigenvalue weighted by Crippen LogP contribution is -2.47. The molecule has 2 aliphatic heterocycles. The van der Waals surface area contributed by atoms with Gasteiger partial charge in [-0.05, 0) is 5.56 Å². The van der Waals surface area contributed by atoms with Gasteiger partial charge in [0.25, 0.3) is 10.2 Å². The summed E-state index contributed by atoms with van der Waals surface area (Å²) in [5.74, 6) is 0. The average Bonchev–Trinajstić information content (AvgIpc) is 2.93. The van der Waals surface area contributed by atoms with Crippen LogP contribution in [0, 0.1) is 0 Å². The Balaban J connectivity index is 1.69. The van der Waals surface area contributed by atoms with E-state index in [0.29, 0.717) is 26.2 Å². The summed E-state index contributed by atoms with van der Waals surface area (Å²) in [6.07, 6.45) is -0.0290.